The number of anilines is 1. The van der Waals surface area contributed by atoms with Gasteiger partial charge in [0.25, 0.3) is 0 Å². The summed E-state index contributed by atoms with van der Waals surface area (Å²) in [5, 5.41) is 4.54. The summed E-state index contributed by atoms with van der Waals surface area (Å²) in [7, 11) is 0. The summed E-state index contributed by atoms with van der Waals surface area (Å²) in [4.78, 5) is 14.6. The highest BCUT2D eigenvalue weighted by Gasteiger charge is 2.27. The Bertz CT molecular complexity index is 838. The maximum atomic E-state index is 12.8. The Hall–Kier alpha value is -1.75. The van der Waals surface area contributed by atoms with Crippen molar-refractivity contribution >= 4 is 34.8 Å². The summed E-state index contributed by atoms with van der Waals surface area (Å²) in [6.07, 6.45) is 0.392. The van der Waals surface area contributed by atoms with Crippen LogP contribution >= 0.6 is 23.2 Å². The molecule has 1 unspecified atom stereocenters. The van der Waals surface area contributed by atoms with Crippen LogP contribution in [0.4, 0.5) is 5.69 Å². The SMILES string of the molecule is CC(C)CNc1ccc2c(c1)CN(C(=O)C(N)Cc1ccc(Cl)cc1Cl)C2. The van der Waals surface area contributed by atoms with E-state index >= 15 is 0 Å². The summed E-state index contributed by atoms with van der Waals surface area (Å²) < 4.78 is 0. The average Bonchev–Trinajstić information content (AvgIpc) is 3.04. The highest BCUT2D eigenvalue weighted by Crippen LogP contribution is 2.27. The zero-order chi connectivity index (χ0) is 19.6. The molecule has 0 fully saturated rings. The topological polar surface area (TPSA) is 58.4 Å². The van der Waals surface area contributed by atoms with Crippen LogP contribution in [0.15, 0.2) is 36.4 Å². The van der Waals surface area contributed by atoms with Crippen molar-refractivity contribution in [3.05, 3.63) is 63.1 Å². The minimum Gasteiger partial charge on any atom is -0.385 e. The predicted molar refractivity (Wildman–Crippen MR) is 112 cm³/mol. The van der Waals surface area contributed by atoms with Crippen LogP contribution in [0.5, 0.6) is 0 Å². The van der Waals surface area contributed by atoms with Gasteiger partial charge in [-0.2, -0.15) is 0 Å². The lowest BCUT2D eigenvalue weighted by atomic mass is 10.1. The molecule has 0 saturated heterocycles. The second-order valence-electron chi connectivity index (χ2n) is 7.50. The minimum absolute atomic E-state index is 0.0612. The van der Waals surface area contributed by atoms with E-state index in [0.717, 1.165) is 17.8 Å². The van der Waals surface area contributed by atoms with E-state index in [0.29, 0.717) is 35.5 Å². The Morgan fingerprint density at radius 1 is 1.15 bits per heavy atom. The van der Waals surface area contributed by atoms with E-state index in [1.54, 1.807) is 12.1 Å². The van der Waals surface area contributed by atoms with Gasteiger partial charge in [0.05, 0.1) is 6.04 Å². The third-order valence-corrected chi connectivity index (χ3v) is 5.31. The average molecular weight is 406 g/mol. The number of nitrogens with two attached hydrogens (primary N) is 1. The summed E-state index contributed by atoms with van der Waals surface area (Å²) >= 11 is 12.1. The highest BCUT2D eigenvalue weighted by atomic mass is 35.5. The lowest BCUT2D eigenvalue weighted by molar-refractivity contribution is -0.133. The molecule has 1 amide bonds. The molecular weight excluding hydrogens is 381 g/mol. The fourth-order valence-electron chi connectivity index (χ4n) is 3.23. The molecule has 0 saturated carbocycles. The van der Waals surface area contributed by atoms with Crippen molar-refractivity contribution in [2.45, 2.75) is 39.4 Å². The summed E-state index contributed by atoms with van der Waals surface area (Å²) in [5.74, 6) is 0.517. The van der Waals surface area contributed by atoms with Gasteiger partial charge in [-0.1, -0.05) is 49.2 Å². The number of benzene rings is 2. The molecule has 144 valence electrons. The fourth-order valence-corrected chi connectivity index (χ4v) is 3.71. The van der Waals surface area contributed by atoms with Gasteiger partial charge < -0.3 is 16.0 Å². The lowest BCUT2D eigenvalue weighted by Crippen LogP contribution is -2.42. The van der Waals surface area contributed by atoms with Gasteiger partial charge in [-0.15, -0.1) is 0 Å². The third kappa shape index (κ3) is 4.95. The number of halogens is 2. The zero-order valence-corrected chi connectivity index (χ0v) is 17.1. The van der Waals surface area contributed by atoms with Crippen molar-refractivity contribution in [1.29, 1.82) is 0 Å². The van der Waals surface area contributed by atoms with E-state index in [1.165, 1.54) is 11.1 Å². The van der Waals surface area contributed by atoms with E-state index in [1.807, 2.05) is 11.0 Å². The molecule has 0 aliphatic carbocycles. The number of fused-ring (bicyclic) bond motifs is 1. The Morgan fingerprint density at radius 3 is 2.59 bits per heavy atom. The molecule has 4 nitrogen and oxygen atoms in total. The van der Waals surface area contributed by atoms with Crippen molar-refractivity contribution in [2.24, 2.45) is 11.7 Å². The Kier molecular flexibility index (Phi) is 6.30. The molecule has 0 bridgehead atoms. The van der Waals surface area contributed by atoms with Gasteiger partial charge in [0.1, 0.15) is 0 Å². The summed E-state index contributed by atoms with van der Waals surface area (Å²) in [6.45, 7) is 6.46. The van der Waals surface area contributed by atoms with Crippen LogP contribution in [-0.2, 0) is 24.3 Å². The Labute approximate surface area is 170 Å². The quantitative estimate of drug-likeness (QED) is 0.744. The van der Waals surface area contributed by atoms with Gasteiger partial charge in [-0.3, -0.25) is 4.79 Å². The van der Waals surface area contributed by atoms with Crippen molar-refractivity contribution in [3.63, 3.8) is 0 Å². The van der Waals surface area contributed by atoms with E-state index < -0.39 is 6.04 Å². The molecule has 2 aromatic rings. The van der Waals surface area contributed by atoms with Gasteiger partial charge in [0, 0.05) is 35.4 Å². The fraction of sp³-hybridized carbons (Fsp3) is 0.381. The van der Waals surface area contributed by atoms with Crippen LogP contribution in [0.25, 0.3) is 0 Å². The molecule has 27 heavy (non-hydrogen) atoms. The molecule has 1 heterocycles. The monoisotopic (exact) mass is 405 g/mol. The first-order chi connectivity index (χ1) is 12.8. The first-order valence-corrected chi connectivity index (χ1v) is 9.93. The number of hydrogen-bond acceptors (Lipinski definition) is 3. The predicted octanol–water partition coefficient (Wildman–Crippen LogP) is 4.47. The maximum Gasteiger partial charge on any atom is 0.240 e. The van der Waals surface area contributed by atoms with Crippen molar-refractivity contribution in [3.8, 4) is 0 Å². The van der Waals surface area contributed by atoms with E-state index in [9.17, 15) is 4.79 Å². The van der Waals surface area contributed by atoms with Crippen LogP contribution < -0.4 is 11.1 Å². The standard InChI is InChI=1S/C21H25Cl2N3O/c1-13(2)10-25-18-6-4-15-11-26(12-16(15)7-18)21(27)20(24)8-14-3-5-17(22)9-19(14)23/h3-7,9,13,20,25H,8,10-12,24H2,1-2H3. The zero-order valence-electron chi connectivity index (χ0n) is 15.6. The highest BCUT2D eigenvalue weighted by molar-refractivity contribution is 6.35. The first-order valence-electron chi connectivity index (χ1n) is 9.17. The molecule has 1 aliphatic rings. The van der Waals surface area contributed by atoms with Crippen LogP contribution in [0.1, 0.15) is 30.5 Å². The molecule has 6 heteroatoms. The van der Waals surface area contributed by atoms with Gasteiger partial charge in [0.15, 0.2) is 0 Å². The number of nitrogens with zero attached hydrogens (tertiary/aromatic N) is 1. The van der Waals surface area contributed by atoms with E-state index in [2.05, 4.69) is 37.4 Å². The Morgan fingerprint density at radius 2 is 1.89 bits per heavy atom. The summed E-state index contributed by atoms with van der Waals surface area (Å²) in [6, 6.07) is 10.9. The van der Waals surface area contributed by atoms with E-state index in [4.69, 9.17) is 28.9 Å². The second kappa shape index (κ2) is 8.51. The van der Waals surface area contributed by atoms with E-state index in [-0.39, 0.29) is 5.91 Å². The van der Waals surface area contributed by atoms with Crippen LogP contribution in [0.2, 0.25) is 10.0 Å². The van der Waals surface area contributed by atoms with Crippen molar-refractivity contribution < 1.29 is 4.79 Å². The van der Waals surface area contributed by atoms with Crippen molar-refractivity contribution in [1.82, 2.24) is 4.90 Å². The molecule has 2 aromatic carbocycles. The maximum absolute atomic E-state index is 12.8. The molecule has 0 aromatic heterocycles. The molecule has 1 atom stereocenters. The number of amides is 1. The van der Waals surface area contributed by atoms with Gasteiger partial charge in [-0.25, -0.2) is 0 Å². The van der Waals surface area contributed by atoms with Crippen LogP contribution in [0.3, 0.4) is 0 Å². The largest absolute Gasteiger partial charge is 0.385 e. The van der Waals surface area contributed by atoms with Crippen molar-refractivity contribution in [2.75, 3.05) is 11.9 Å². The molecule has 1 aliphatic heterocycles. The lowest BCUT2D eigenvalue weighted by Gasteiger charge is -2.20. The summed E-state index contributed by atoms with van der Waals surface area (Å²) in [5.41, 5.74) is 10.5. The van der Waals surface area contributed by atoms with Gasteiger partial charge in [-0.05, 0) is 53.3 Å². The third-order valence-electron chi connectivity index (χ3n) is 4.73. The molecule has 0 radical (unpaired) electrons. The smallest absolute Gasteiger partial charge is 0.240 e. The Balaban J connectivity index is 1.63. The number of hydrogen-bond donors (Lipinski definition) is 2. The number of rotatable bonds is 6. The molecular formula is C21H25Cl2N3O. The number of nitrogens with one attached hydrogen (secondary N) is 1. The van der Waals surface area contributed by atoms with Crippen LogP contribution in [0, 0.1) is 5.92 Å². The number of carbonyl (C=O) groups excluding carboxylic acids is 1. The normalized spacial score (nSPS) is 14.4. The first kappa shape index (κ1) is 20.0. The molecule has 3 N–H and O–H groups in total. The minimum atomic E-state index is -0.628. The molecule has 3 rings (SSSR count). The second-order valence-corrected chi connectivity index (χ2v) is 8.34. The van der Waals surface area contributed by atoms with Gasteiger partial charge in [0.2, 0.25) is 5.91 Å². The van der Waals surface area contributed by atoms with Crippen LogP contribution in [-0.4, -0.2) is 23.4 Å². The van der Waals surface area contributed by atoms with Gasteiger partial charge >= 0.3 is 0 Å². The number of carbonyl (C=O) groups is 1. The molecule has 0 spiro atoms.